The highest BCUT2D eigenvalue weighted by Gasteiger charge is 2.14. The lowest BCUT2D eigenvalue weighted by Gasteiger charge is -2.02. The predicted molar refractivity (Wildman–Crippen MR) is 103 cm³/mol. The zero-order valence-electron chi connectivity index (χ0n) is 13.6. The summed E-state index contributed by atoms with van der Waals surface area (Å²) in [5, 5.41) is 16.0. The number of nitro groups is 1. The average Bonchev–Trinajstić information content (AvgIpc) is 3.07. The number of hydrazone groups is 1. The molecule has 0 saturated carbocycles. The standard InChI is InChI=1S/C18H13Cl2N3O3/c1-11-2-3-12(8-17(11)20)22-21-10-14-5-7-18(26-14)15-9-13(23(24)25)4-6-16(15)19/h2-10,22H,1H3/b21-10+. The van der Waals surface area contributed by atoms with Gasteiger partial charge in [0.1, 0.15) is 11.5 Å². The first-order chi connectivity index (χ1) is 12.4. The van der Waals surface area contributed by atoms with E-state index in [0.29, 0.717) is 27.1 Å². The molecule has 3 aromatic rings. The summed E-state index contributed by atoms with van der Waals surface area (Å²) in [5.74, 6) is 0.881. The van der Waals surface area contributed by atoms with Crippen LogP contribution in [0.2, 0.25) is 10.0 Å². The Morgan fingerprint density at radius 2 is 1.92 bits per heavy atom. The van der Waals surface area contributed by atoms with Gasteiger partial charge in [-0.15, -0.1) is 0 Å². The van der Waals surface area contributed by atoms with E-state index >= 15 is 0 Å². The summed E-state index contributed by atoms with van der Waals surface area (Å²) in [4.78, 5) is 10.4. The summed E-state index contributed by atoms with van der Waals surface area (Å²) in [7, 11) is 0. The van der Waals surface area contributed by atoms with E-state index in [2.05, 4.69) is 10.5 Å². The Kier molecular flexibility index (Phi) is 5.25. The molecule has 8 heteroatoms. The Hall–Kier alpha value is -2.83. The molecule has 0 spiro atoms. The van der Waals surface area contributed by atoms with Gasteiger partial charge in [0.2, 0.25) is 0 Å². The molecule has 1 heterocycles. The van der Waals surface area contributed by atoms with E-state index in [0.717, 1.165) is 11.3 Å². The molecule has 0 unspecified atom stereocenters. The molecule has 6 nitrogen and oxygen atoms in total. The van der Waals surface area contributed by atoms with Gasteiger partial charge in [-0.25, -0.2) is 0 Å². The minimum atomic E-state index is -0.484. The Morgan fingerprint density at radius 3 is 2.65 bits per heavy atom. The minimum Gasteiger partial charge on any atom is -0.455 e. The topological polar surface area (TPSA) is 80.7 Å². The number of nitro benzene ring substituents is 1. The highest BCUT2D eigenvalue weighted by atomic mass is 35.5. The van der Waals surface area contributed by atoms with E-state index in [1.165, 1.54) is 24.4 Å². The van der Waals surface area contributed by atoms with Crippen LogP contribution in [0.3, 0.4) is 0 Å². The number of non-ortho nitro benzene ring substituents is 1. The third kappa shape index (κ3) is 4.04. The maximum atomic E-state index is 10.9. The number of nitrogens with zero attached hydrogens (tertiary/aromatic N) is 2. The molecule has 132 valence electrons. The number of nitrogens with one attached hydrogen (secondary N) is 1. The van der Waals surface area contributed by atoms with Crippen LogP contribution >= 0.6 is 23.2 Å². The number of furan rings is 1. The second kappa shape index (κ2) is 7.59. The second-order valence-corrected chi connectivity index (χ2v) is 6.27. The number of rotatable bonds is 5. The summed E-state index contributed by atoms with van der Waals surface area (Å²) < 4.78 is 5.64. The van der Waals surface area contributed by atoms with Crippen LogP contribution in [0, 0.1) is 17.0 Å². The molecule has 0 saturated heterocycles. The Balaban J connectivity index is 1.76. The van der Waals surface area contributed by atoms with Crippen molar-refractivity contribution >= 4 is 40.8 Å². The summed E-state index contributed by atoms with van der Waals surface area (Å²) in [6, 6.07) is 13.1. The van der Waals surface area contributed by atoms with Crippen molar-refractivity contribution in [3.05, 3.63) is 80.0 Å². The molecular formula is C18H13Cl2N3O3. The van der Waals surface area contributed by atoms with Gasteiger partial charge in [0.15, 0.2) is 0 Å². The Labute approximate surface area is 159 Å². The van der Waals surface area contributed by atoms with Crippen molar-refractivity contribution in [3.8, 4) is 11.3 Å². The summed E-state index contributed by atoms with van der Waals surface area (Å²) in [6.45, 7) is 1.92. The van der Waals surface area contributed by atoms with Gasteiger partial charge in [0.05, 0.1) is 21.8 Å². The first kappa shape index (κ1) is 18.0. The van der Waals surface area contributed by atoms with Crippen LogP contribution in [0.1, 0.15) is 11.3 Å². The predicted octanol–water partition coefficient (Wildman–Crippen LogP) is 5.92. The largest absolute Gasteiger partial charge is 0.455 e. The molecule has 0 atom stereocenters. The van der Waals surface area contributed by atoms with Crippen LogP contribution in [0.4, 0.5) is 11.4 Å². The van der Waals surface area contributed by atoms with Gasteiger partial charge < -0.3 is 4.42 Å². The summed E-state index contributed by atoms with van der Waals surface area (Å²) in [6.07, 6.45) is 1.49. The van der Waals surface area contributed by atoms with Crippen molar-refractivity contribution in [1.82, 2.24) is 0 Å². The lowest BCUT2D eigenvalue weighted by Crippen LogP contribution is -1.90. The van der Waals surface area contributed by atoms with Crippen LogP contribution in [0.15, 0.2) is 58.0 Å². The van der Waals surface area contributed by atoms with Crippen LogP contribution in [0.25, 0.3) is 11.3 Å². The van der Waals surface area contributed by atoms with Crippen LogP contribution in [-0.2, 0) is 0 Å². The molecule has 0 aliphatic carbocycles. The zero-order valence-corrected chi connectivity index (χ0v) is 15.1. The third-order valence-electron chi connectivity index (χ3n) is 3.61. The molecule has 0 fully saturated rings. The normalized spacial score (nSPS) is 11.0. The van der Waals surface area contributed by atoms with Crippen molar-refractivity contribution in [2.45, 2.75) is 6.92 Å². The van der Waals surface area contributed by atoms with Crippen molar-refractivity contribution in [3.63, 3.8) is 0 Å². The average molecular weight is 390 g/mol. The number of hydrogen-bond acceptors (Lipinski definition) is 5. The van der Waals surface area contributed by atoms with E-state index in [1.807, 2.05) is 19.1 Å². The molecule has 0 aliphatic heterocycles. The van der Waals surface area contributed by atoms with Crippen molar-refractivity contribution in [1.29, 1.82) is 0 Å². The molecule has 0 radical (unpaired) electrons. The van der Waals surface area contributed by atoms with Gasteiger partial charge in [-0.05, 0) is 42.8 Å². The lowest BCUT2D eigenvalue weighted by molar-refractivity contribution is -0.384. The van der Waals surface area contributed by atoms with Gasteiger partial charge >= 0.3 is 0 Å². The van der Waals surface area contributed by atoms with Gasteiger partial charge in [-0.3, -0.25) is 15.5 Å². The maximum absolute atomic E-state index is 10.9. The van der Waals surface area contributed by atoms with E-state index in [1.54, 1.807) is 18.2 Å². The molecule has 1 aromatic heterocycles. The van der Waals surface area contributed by atoms with Gasteiger partial charge in [0.25, 0.3) is 5.69 Å². The maximum Gasteiger partial charge on any atom is 0.270 e. The fraction of sp³-hybridized carbons (Fsp3) is 0.0556. The quantitative estimate of drug-likeness (QED) is 0.333. The van der Waals surface area contributed by atoms with E-state index in [9.17, 15) is 10.1 Å². The SMILES string of the molecule is Cc1ccc(N/N=C/c2ccc(-c3cc([N+](=O)[O-])ccc3Cl)o2)cc1Cl. The number of hydrogen-bond donors (Lipinski definition) is 1. The number of anilines is 1. The summed E-state index contributed by atoms with van der Waals surface area (Å²) >= 11 is 12.2. The molecule has 3 rings (SSSR count). The molecular weight excluding hydrogens is 377 g/mol. The monoisotopic (exact) mass is 389 g/mol. The lowest BCUT2D eigenvalue weighted by atomic mass is 10.1. The Bertz CT molecular complexity index is 999. The molecule has 2 aromatic carbocycles. The van der Waals surface area contributed by atoms with Crippen LogP contribution < -0.4 is 5.43 Å². The summed E-state index contributed by atoms with van der Waals surface area (Å²) in [5.41, 5.74) is 4.96. The second-order valence-electron chi connectivity index (χ2n) is 5.46. The molecule has 0 bridgehead atoms. The molecule has 1 N–H and O–H groups in total. The number of aryl methyl sites for hydroxylation is 1. The Morgan fingerprint density at radius 1 is 1.12 bits per heavy atom. The third-order valence-corrected chi connectivity index (χ3v) is 4.35. The fourth-order valence-corrected chi connectivity index (χ4v) is 2.61. The highest BCUT2D eigenvalue weighted by Crippen LogP contribution is 2.32. The highest BCUT2D eigenvalue weighted by molar-refractivity contribution is 6.33. The molecule has 26 heavy (non-hydrogen) atoms. The van der Waals surface area contributed by atoms with E-state index in [-0.39, 0.29) is 5.69 Å². The smallest absolute Gasteiger partial charge is 0.270 e. The minimum absolute atomic E-state index is 0.0612. The number of benzene rings is 2. The van der Waals surface area contributed by atoms with Crippen molar-refractivity contribution in [2.24, 2.45) is 5.10 Å². The van der Waals surface area contributed by atoms with Gasteiger partial charge in [-0.2, -0.15) is 5.10 Å². The fourth-order valence-electron chi connectivity index (χ4n) is 2.22. The zero-order chi connectivity index (χ0) is 18.7. The molecule has 0 amide bonds. The molecule has 0 aliphatic rings. The van der Waals surface area contributed by atoms with Gasteiger partial charge in [0, 0.05) is 22.7 Å². The van der Waals surface area contributed by atoms with E-state index in [4.69, 9.17) is 27.6 Å². The van der Waals surface area contributed by atoms with Crippen molar-refractivity contribution in [2.75, 3.05) is 5.43 Å². The first-order valence-electron chi connectivity index (χ1n) is 7.53. The first-order valence-corrected chi connectivity index (χ1v) is 8.29. The van der Waals surface area contributed by atoms with Crippen LogP contribution in [0.5, 0.6) is 0 Å². The van der Waals surface area contributed by atoms with Crippen LogP contribution in [-0.4, -0.2) is 11.1 Å². The van der Waals surface area contributed by atoms with E-state index < -0.39 is 4.92 Å². The number of halogens is 2. The van der Waals surface area contributed by atoms with Gasteiger partial charge in [-0.1, -0.05) is 29.3 Å². The van der Waals surface area contributed by atoms with Crippen molar-refractivity contribution < 1.29 is 9.34 Å².